The van der Waals surface area contributed by atoms with E-state index in [1.165, 1.54) is 0 Å². The molecule has 0 heterocycles. The van der Waals surface area contributed by atoms with E-state index in [0.29, 0.717) is 12.8 Å². The van der Waals surface area contributed by atoms with Gasteiger partial charge < -0.3 is 4.74 Å². The molecule has 4 heteroatoms. The van der Waals surface area contributed by atoms with Crippen LogP contribution in [0.1, 0.15) is 12.8 Å². The van der Waals surface area contributed by atoms with Crippen LogP contribution in [0.4, 0.5) is 4.39 Å². The Morgan fingerprint density at radius 1 is 1.75 bits per heavy atom. The normalized spacial score (nSPS) is 44.0. The molecule has 12 heavy (non-hydrogen) atoms. The topological polar surface area (TPSA) is 43.4 Å². The van der Waals surface area contributed by atoms with Crippen LogP contribution in [0.3, 0.4) is 0 Å². The highest BCUT2D eigenvalue weighted by Gasteiger charge is 2.77. The molecule has 0 N–H and O–H groups in total. The molecule has 3 nitrogen and oxygen atoms in total. The Hall–Kier alpha value is -0.930. The van der Waals surface area contributed by atoms with E-state index in [1.54, 1.807) is 0 Å². The third-order valence-electron chi connectivity index (χ3n) is 2.83. The number of Topliss-reactive ketones (excluding diaryl/α,β-unsaturated/α-hetero) is 1. The van der Waals surface area contributed by atoms with E-state index in [4.69, 9.17) is 0 Å². The van der Waals surface area contributed by atoms with Crippen LogP contribution in [0.5, 0.6) is 0 Å². The summed E-state index contributed by atoms with van der Waals surface area (Å²) in [7, 11) is 1.14. The fraction of sp³-hybridized carbons (Fsp3) is 0.750. The van der Waals surface area contributed by atoms with Gasteiger partial charge in [0.1, 0.15) is 5.78 Å². The summed E-state index contributed by atoms with van der Waals surface area (Å²) >= 11 is 0. The molecule has 0 bridgehead atoms. The minimum Gasteiger partial charge on any atom is -0.467 e. The standard InChI is InChI=1S/C8H9FO3/c1-12-7(11)8(9)4-2-3-5(10)6(4)8/h4,6H,2-3H2,1H3. The molecule has 0 aliphatic heterocycles. The number of carbonyl (C=O) groups is 2. The molecule has 0 radical (unpaired) electrons. The van der Waals surface area contributed by atoms with Gasteiger partial charge in [-0.3, -0.25) is 4.79 Å². The fourth-order valence-corrected chi connectivity index (χ4v) is 2.15. The average Bonchev–Trinajstić information content (AvgIpc) is 2.44. The van der Waals surface area contributed by atoms with Crippen molar-refractivity contribution in [2.75, 3.05) is 7.11 Å². The van der Waals surface area contributed by atoms with Crippen molar-refractivity contribution in [3.05, 3.63) is 0 Å². The van der Waals surface area contributed by atoms with Crippen molar-refractivity contribution in [2.24, 2.45) is 11.8 Å². The third kappa shape index (κ3) is 0.653. The molecule has 3 atom stereocenters. The first kappa shape index (κ1) is 7.71. The number of hydrogen-bond donors (Lipinski definition) is 0. The van der Waals surface area contributed by atoms with Gasteiger partial charge in [0.15, 0.2) is 0 Å². The molecule has 2 aliphatic rings. The number of esters is 1. The van der Waals surface area contributed by atoms with Gasteiger partial charge in [-0.1, -0.05) is 0 Å². The van der Waals surface area contributed by atoms with E-state index in [9.17, 15) is 14.0 Å². The summed E-state index contributed by atoms with van der Waals surface area (Å²) in [4.78, 5) is 21.9. The van der Waals surface area contributed by atoms with E-state index in [0.717, 1.165) is 7.11 Å². The Bertz CT molecular complexity index is 263. The molecular weight excluding hydrogens is 163 g/mol. The number of alkyl halides is 1. The van der Waals surface area contributed by atoms with Gasteiger partial charge in [0.05, 0.1) is 13.0 Å². The average molecular weight is 172 g/mol. The number of carbonyl (C=O) groups excluding carboxylic acids is 2. The van der Waals surface area contributed by atoms with Gasteiger partial charge >= 0.3 is 5.97 Å². The summed E-state index contributed by atoms with van der Waals surface area (Å²) < 4.78 is 17.9. The Morgan fingerprint density at radius 3 is 2.83 bits per heavy atom. The van der Waals surface area contributed by atoms with Crippen LogP contribution in [0, 0.1) is 11.8 Å². The molecule has 0 amide bonds. The highest BCUT2D eigenvalue weighted by Crippen LogP contribution is 2.61. The number of methoxy groups -OCH3 is 1. The van der Waals surface area contributed by atoms with E-state index in [2.05, 4.69) is 4.74 Å². The van der Waals surface area contributed by atoms with Crippen molar-refractivity contribution < 1.29 is 18.7 Å². The fourth-order valence-electron chi connectivity index (χ4n) is 2.15. The molecule has 0 aromatic carbocycles. The van der Waals surface area contributed by atoms with Crippen LogP contribution in [0.25, 0.3) is 0 Å². The smallest absolute Gasteiger partial charge is 0.344 e. The van der Waals surface area contributed by atoms with Gasteiger partial charge in [-0.2, -0.15) is 0 Å². The van der Waals surface area contributed by atoms with Crippen molar-refractivity contribution in [3.63, 3.8) is 0 Å². The summed E-state index contributed by atoms with van der Waals surface area (Å²) in [5.41, 5.74) is -1.97. The largest absolute Gasteiger partial charge is 0.467 e. The van der Waals surface area contributed by atoms with Crippen LogP contribution in [-0.4, -0.2) is 24.5 Å². The van der Waals surface area contributed by atoms with Gasteiger partial charge in [-0.05, 0) is 6.42 Å². The van der Waals surface area contributed by atoms with Crippen LogP contribution < -0.4 is 0 Å². The Labute approximate surface area is 68.9 Å². The maximum absolute atomic E-state index is 13.6. The van der Waals surface area contributed by atoms with Crippen LogP contribution in [0.15, 0.2) is 0 Å². The summed E-state index contributed by atoms with van der Waals surface area (Å²) in [6.45, 7) is 0. The molecule has 0 saturated heterocycles. The number of fused-ring (bicyclic) bond motifs is 1. The number of rotatable bonds is 1. The summed E-state index contributed by atoms with van der Waals surface area (Å²) in [6, 6.07) is 0. The second-order valence-corrected chi connectivity index (χ2v) is 3.35. The number of hydrogen-bond acceptors (Lipinski definition) is 3. The first-order valence-corrected chi connectivity index (χ1v) is 3.92. The van der Waals surface area contributed by atoms with E-state index in [-0.39, 0.29) is 5.78 Å². The maximum Gasteiger partial charge on any atom is 0.344 e. The molecule has 2 fully saturated rings. The van der Waals surface area contributed by atoms with Crippen molar-refractivity contribution in [3.8, 4) is 0 Å². The molecule has 2 rings (SSSR count). The molecule has 0 spiro atoms. The van der Waals surface area contributed by atoms with Crippen LogP contribution >= 0.6 is 0 Å². The lowest BCUT2D eigenvalue weighted by Crippen LogP contribution is -2.26. The van der Waals surface area contributed by atoms with Gasteiger partial charge in [0.2, 0.25) is 5.67 Å². The maximum atomic E-state index is 13.6. The summed E-state index contributed by atoms with van der Waals surface area (Å²) in [5.74, 6) is -2.10. The summed E-state index contributed by atoms with van der Waals surface area (Å²) in [6.07, 6.45) is 0.910. The lowest BCUT2D eigenvalue weighted by Gasteiger charge is -2.06. The quantitative estimate of drug-likeness (QED) is 0.540. The predicted molar refractivity (Wildman–Crippen MR) is 37.1 cm³/mol. The van der Waals surface area contributed by atoms with Gasteiger partial charge in [0, 0.05) is 12.3 Å². The zero-order chi connectivity index (χ0) is 8.93. The Morgan fingerprint density at radius 2 is 2.42 bits per heavy atom. The minimum atomic E-state index is -1.97. The van der Waals surface area contributed by atoms with Gasteiger partial charge in [-0.25, -0.2) is 9.18 Å². The zero-order valence-corrected chi connectivity index (χ0v) is 6.67. The molecule has 2 saturated carbocycles. The number of ether oxygens (including phenoxy) is 1. The SMILES string of the molecule is COC(=O)C1(F)C2CCC(=O)C21. The highest BCUT2D eigenvalue weighted by atomic mass is 19.1. The molecule has 0 aromatic heterocycles. The predicted octanol–water partition coefficient (Wildman–Crippen LogP) is 0.477. The number of ketones is 1. The molecule has 0 aromatic rings. The van der Waals surface area contributed by atoms with Crippen molar-refractivity contribution in [2.45, 2.75) is 18.5 Å². The first-order valence-electron chi connectivity index (χ1n) is 3.92. The third-order valence-corrected chi connectivity index (χ3v) is 2.83. The molecule has 2 aliphatic carbocycles. The minimum absolute atomic E-state index is 0.132. The highest BCUT2D eigenvalue weighted by molar-refractivity contribution is 5.99. The Balaban J connectivity index is 2.19. The van der Waals surface area contributed by atoms with E-state index in [1.807, 2.05) is 0 Å². The second kappa shape index (κ2) is 2.06. The Kier molecular flexibility index (Phi) is 1.32. The van der Waals surface area contributed by atoms with Gasteiger partial charge in [-0.15, -0.1) is 0 Å². The first-order chi connectivity index (χ1) is 5.62. The monoisotopic (exact) mass is 172 g/mol. The molecular formula is C8H9FO3. The van der Waals surface area contributed by atoms with Gasteiger partial charge in [0.25, 0.3) is 0 Å². The zero-order valence-electron chi connectivity index (χ0n) is 6.67. The van der Waals surface area contributed by atoms with E-state index < -0.39 is 23.5 Å². The van der Waals surface area contributed by atoms with Crippen molar-refractivity contribution >= 4 is 11.8 Å². The van der Waals surface area contributed by atoms with Crippen molar-refractivity contribution in [1.82, 2.24) is 0 Å². The second-order valence-electron chi connectivity index (χ2n) is 3.35. The number of halogens is 1. The molecule has 66 valence electrons. The summed E-state index contributed by atoms with van der Waals surface area (Å²) in [5, 5.41) is 0. The van der Waals surface area contributed by atoms with Crippen LogP contribution in [0.2, 0.25) is 0 Å². The lowest BCUT2D eigenvalue weighted by molar-refractivity contribution is -0.151. The van der Waals surface area contributed by atoms with Crippen molar-refractivity contribution in [1.29, 1.82) is 0 Å². The van der Waals surface area contributed by atoms with E-state index >= 15 is 0 Å². The molecule has 3 unspecified atom stereocenters. The lowest BCUT2D eigenvalue weighted by atomic mass is 10.1. The van der Waals surface area contributed by atoms with Crippen LogP contribution in [-0.2, 0) is 14.3 Å².